The average molecular weight is 769 g/mol. The molecule has 2 aromatic carbocycles. The van der Waals surface area contributed by atoms with Crippen LogP contribution in [0.25, 0.3) is 10.9 Å². The zero-order chi connectivity index (χ0) is 38.3. The summed E-state index contributed by atoms with van der Waals surface area (Å²) in [6.45, 7) is 9.84. The Morgan fingerprint density at radius 3 is 2.45 bits per heavy atom. The van der Waals surface area contributed by atoms with E-state index < -0.39 is 35.5 Å². The highest BCUT2D eigenvalue weighted by atomic mass is 35.5. The second-order valence-electron chi connectivity index (χ2n) is 13.9. The van der Waals surface area contributed by atoms with Crippen molar-refractivity contribution in [1.82, 2.24) is 25.8 Å². The molecule has 0 saturated carbocycles. The first-order valence-electron chi connectivity index (χ1n) is 18.2. The SMILES string of the molecule is CCCOC(=O)c1noc([C@@H](CC(=O)[C@]2(NC(=O)[C@@H](NC(=O)OCc3ccccc3)C(C)CC)CCc3[nH]c4c(Cl)cc(Cl)cc4c3C2)C(C)CC)n1. The van der Waals surface area contributed by atoms with Gasteiger partial charge in [-0.15, -0.1) is 0 Å². The van der Waals surface area contributed by atoms with Crippen LogP contribution < -0.4 is 10.6 Å². The van der Waals surface area contributed by atoms with E-state index in [4.69, 9.17) is 37.2 Å². The number of Topliss-reactive ketones (excluding diaryl/α,β-unsaturated/α-hetero) is 1. The zero-order valence-corrected chi connectivity index (χ0v) is 32.2. The van der Waals surface area contributed by atoms with Gasteiger partial charge in [-0.3, -0.25) is 9.59 Å². The molecule has 2 aromatic heterocycles. The van der Waals surface area contributed by atoms with Crippen LogP contribution in [0.4, 0.5) is 4.79 Å². The lowest BCUT2D eigenvalue weighted by Crippen LogP contribution is -2.62. The molecule has 0 fully saturated rings. The maximum absolute atomic E-state index is 14.9. The summed E-state index contributed by atoms with van der Waals surface area (Å²) < 4.78 is 16.2. The summed E-state index contributed by atoms with van der Waals surface area (Å²) in [7, 11) is 0. The molecule has 14 heteroatoms. The largest absolute Gasteiger partial charge is 0.460 e. The minimum absolute atomic E-state index is 0.0309. The van der Waals surface area contributed by atoms with Crippen LogP contribution in [0.2, 0.25) is 10.0 Å². The summed E-state index contributed by atoms with van der Waals surface area (Å²) in [6, 6.07) is 11.7. The molecule has 0 radical (unpaired) electrons. The van der Waals surface area contributed by atoms with Gasteiger partial charge in [-0.05, 0) is 59.5 Å². The molecule has 12 nitrogen and oxygen atoms in total. The number of aromatic amines is 1. The summed E-state index contributed by atoms with van der Waals surface area (Å²) in [5, 5.41) is 11.4. The number of carbonyl (C=O) groups excluding carboxylic acids is 4. The van der Waals surface area contributed by atoms with Gasteiger partial charge >= 0.3 is 12.1 Å². The van der Waals surface area contributed by atoms with Crippen LogP contribution in [0.15, 0.2) is 47.0 Å². The number of aromatic nitrogens is 3. The van der Waals surface area contributed by atoms with E-state index in [2.05, 4.69) is 25.8 Å². The molecule has 1 aliphatic carbocycles. The van der Waals surface area contributed by atoms with Gasteiger partial charge in [0.15, 0.2) is 5.78 Å². The van der Waals surface area contributed by atoms with Gasteiger partial charge in [0.25, 0.3) is 5.82 Å². The fourth-order valence-electron chi connectivity index (χ4n) is 6.73. The molecule has 0 bridgehead atoms. The van der Waals surface area contributed by atoms with E-state index in [0.29, 0.717) is 41.2 Å². The highest BCUT2D eigenvalue weighted by Gasteiger charge is 2.46. The minimum Gasteiger partial charge on any atom is -0.460 e. The van der Waals surface area contributed by atoms with Crippen LogP contribution in [0.1, 0.15) is 106 Å². The first-order valence-corrected chi connectivity index (χ1v) is 19.0. The second kappa shape index (κ2) is 17.6. The number of H-pyrrole nitrogens is 1. The molecule has 0 spiro atoms. The lowest BCUT2D eigenvalue weighted by atomic mass is 9.73. The van der Waals surface area contributed by atoms with Crippen molar-refractivity contribution in [1.29, 1.82) is 0 Å². The number of esters is 1. The maximum atomic E-state index is 14.9. The third kappa shape index (κ3) is 9.21. The Labute approximate surface area is 319 Å². The van der Waals surface area contributed by atoms with E-state index in [1.54, 1.807) is 12.1 Å². The van der Waals surface area contributed by atoms with E-state index in [9.17, 15) is 19.2 Å². The van der Waals surface area contributed by atoms with Gasteiger partial charge in [-0.2, -0.15) is 4.98 Å². The summed E-state index contributed by atoms with van der Waals surface area (Å²) in [4.78, 5) is 62.6. The number of benzene rings is 2. The molecular weight excluding hydrogens is 721 g/mol. The van der Waals surface area contributed by atoms with Crippen molar-refractivity contribution in [3.63, 3.8) is 0 Å². The van der Waals surface area contributed by atoms with Crippen LogP contribution in [-0.4, -0.2) is 57.1 Å². The number of amides is 2. The third-order valence-corrected chi connectivity index (χ3v) is 10.8. The van der Waals surface area contributed by atoms with Crippen molar-refractivity contribution in [3.05, 3.63) is 81.0 Å². The molecule has 5 rings (SSSR count). The normalized spacial score (nSPS) is 17.6. The van der Waals surface area contributed by atoms with Gasteiger partial charge in [-0.1, -0.05) is 101 Å². The summed E-state index contributed by atoms with van der Waals surface area (Å²) >= 11 is 13.0. The highest BCUT2D eigenvalue weighted by molar-refractivity contribution is 6.38. The molecule has 53 heavy (non-hydrogen) atoms. The fraction of sp³-hybridized carbons (Fsp3) is 0.487. The molecule has 2 amide bonds. The average Bonchev–Trinajstić information content (AvgIpc) is 3.79. The number of ketones is 1. The standard InChI is InChI=1S/C39H47Cl2N5O7/c1-6-16-51-37(49)34-44-36(53-46-34)26(22(4)7-2)19-31(47)39(15-14-30-28(20-39)27-17-25(40)18-29(41)33(27)42-30)45-35(48)32(23(5)8-3)43-38(50)52-21-24-12-10-9-11-13-24/h9-13,17-18,22-23,26,32,42H,6-8,14-16,19-21H2,1-5H3,(H,43,50)(H,45,48)/t22?,23?,26-,32-,39-/m0/s1. The fourth-order valence-corrected chi connectivity index (χ4v) is 7.27. The number of fused-ring (bicyclic) bond motifs is 3. The number of ether oxygens (including phenoxy) is 2. The molecule has 1 aliphatic rings. The van der Waals surface area contributed by atoms with E-state index >= 15 is 0 Å². The molecular formula is C39H47Cl2N5O7. The molecule has 5 atom stereocenters. The number of hydrogen-bond acceptors (Lipinski definition) is 9. The molecule has 0 saturated heterocycles. The van der Waals surface area contributed by atoms with Gasteiger partial charge in [0, 0.05) is 34.9 Å². The van der Waals surface area contributed by atoms with E-state index in [-0.39, 0.29) is 61.8 Å². The summed E-state index contributed by atoms with van der Waals surface area (Å²) in [5.41, 5.74) is 1.81. The number of nitrogens with one attached hydrogen (secondary N) is 3. The number of rotatable bonds is 16. The zero-order valence-electron chi connectivity index (χ0n) is 30.7. The Morgan fingerprint density at radius 2 is 1.75 bits per heavy atom. The van der Waals surface area contributed by atoms with Crippen molar-refractivity contribution in [2.75, 3.05) is 6.61 Å². The molecule has 0 aliphatic heterocycles. The van der Waals surface area contributed by atoms with Crippen LogP contribution >= 0.6 is 23.2 Å². The number of carbonyl (C=O) groups is 4. The van der Waals surface area contributed by atoms with Crippen LogP contribution in [0.5, 0.6) is 0 Å². The van der Waals surface area contributed by atoms with E-state index in [1.807, 2.05) is 65.0 Å². The van der Waals surface area contributed by atoms with Crippen LogP contribution in [-0.2, 0) is 38.5 Å². The van der Waals surface area contributed by atoms with Gasteiger partial charge in [0.05, 0.1) is 17.1 Å². The molecule has 2 unspecified atom stereocenters. The smallest absolute Gasteiger partial charge is 0.408 e. The maximum Gasteiger partial charge on any atom is 0.408 e. The van der Waals surface area contributed by atoms with Gasteiger partial charge in [-0.25, -0.2) is 9.59 Å². The Balaban J connectivity index is 1.48. The Hall–Kier alpha value is -4.42. The number of aryl methyl sites for hydroxylation is 1. The monoisotopic (exact) mass is 767 g/mol. The Bertz CT molecular complexity index is 1930. The molecule has 284 valence electrons. The number of alkyl carbamates (subject to hydrolysis) is 1. The van der Waals surface area contributed by atoms with Crippen molar-refractivity contribution >= 4 is 57.9 Å². The number of nitrogens with zero attached hydrogens (tertiary/aromatic N) is 2. The molecule has 4 aromatic rings. The quantitative estimate of drug-likeness (QED) is 0.0961. The summed E-state index contributed by atoms with van der Waals surface area (Å²) in [5.74, 6) is -2.52. The van der Waals surface area contributed by atoms with E-state index in [1.165, 1.54) is 0 Å². The third-order valence-electron chi connectivity index (χ3n) is 10.3. The number of halogens is 2. The molecule has 3 N–H and O–H groups in total. The second-order valence-corrected chi connectivity index (χ2v) is 14.8. The Kier molecular flexibility index (Phi) is 13.2. The van der Waals surface area contributed by atoms with Gasteiger partial charge in [0.1, 0.15) is 18.2 Å². The lowest BCUT2D eigenvalue weighted by molar-refractivity contribution is -0.134. The lowest BCUT2D eigenvalue weighted by Gasteiger charge is -2.39. The predicted molar refractivity (Wildman–Crippen MR) is 201 cm³/mol. The van der Waals surface area contributed by atoms with Crippen molar-refractivity contribution < 1.29 is 33.2 Å². The van der Waals surface area contributed by atoms with Gasteiger partial charge < -0.3 is 29.6 Å². The first kappa shape index (κ1) is 39.8. The van der Waals surface area contributed by atoms with Crippen molar-refractivity contribution in [3.8, 4) is 0 Å². The topological polar surface area (TPSA) is 166 Å². The Morgan fingerprint density at radius 1 is 1.02 bits per heavy atom. The van der Waals surface area contributed by atoms with Crippen molar-refractivity contribution in [2.24, 2.45) is 11.8 Å². The van der Waals surface area contributed by atoms with Crippen molar-refractivity contribution in [2.45, 2.75) is 104 Å². The summed E-state index contributed by atoms with van der Waals surface area (Å²) in [6.07, 6.45) is 1.88. The first-order chi connectivity index (χ1) is 25.4. The minimum atomic E-state index is -1.40. The predicted octanol–water partition coefficient (Wildman–Crippen LogP) is 7.90. The van der Waals surface area contributed by atoms with Crippen LogP contribution in [0, 0.1) is 11.8 Å². The van der Waals surface area contributed by atoms with Gasteiger partial charge in [0.2, 0.25) is 11.8 Å². The molecule has 2 heterocycles. The highest BCUT2D eigenvalue weighted by Crippen LogP contribution is 2.40. The van der Waals surface area contributed by atoms with E-state index in [0.717, 1.165) is 22.2 Å². The van der Waals surface area contributed by atoms with Crippen LogP contribution in [0.3, 0.4) is 0 Å². The number of hydrogen-bond donors (Lipinski definition) is 3.